The van der Waals surface area contributed by atoms with Crippen LogP contribution in [-0.2, 0) is 6.54 Å². The van der Waals surface area contributed by atoms with Gasteiger partial charge in [0.15, 0.2) is 12.4 Å². The molecular formula is C18H13N2O4+. The summed E-state index contributed by atoms with van der Waals surface area (Å²) < 4.78 is 11.9. The van der Waals surface area contributed by atoms with Gasteiger partial charge in [0.2, 0.25) is 12.3 Å². The van der Waals surface area contributed by atoms with Crippen LogP contribution in [0.4, 0.5) is 0 Å². The second-order valence-corrected chi connectivity index (χ2v) is 5.15. The summed E-state index contributed by atoms with van der Waals surface area (Å²) in [5, 5.41) is 9.39. The Morgan fingerprint density at radius 2 is 2.00 bits per heavy atom. The normalized spacial score (nSPS) is 10.3. The lowest BCUT2D eigenvalue weighted by Gasteiger charge is -2.03. The van der Waals surface area contributed by atoms with Crippen molar-refractivity contribution >= 4 is 16.8 Å². The van der Waals surface area contributed by atoms with Crippen molar-refractivity contribution in [2.24, 2.45) is 0 Å². The molecule has 0 radical (unpaired) electrons. The Kier molecular flexibility index (Phi) is 4.08. The highest BCUT2D eigenvalue weighted by Gasteiger charge is 2.18. The third-order valence-electron chi connectivity index (χ3n) is 3.59. The molecule has 0 aliphatic carbocycles. The van der Waals surface area contributed by atoms with Crippen LogP contribution in [0.5, 0.6) is 5.75 Å². The highest BCUT2D eigenvalue weighted by atomic mass is 16.5. The van der Waals surface area contributed by atoms with Gasteiger partial charge >= 0.3 is 5.63 Å². The monoisotopic (exact) mass is 321 g/mol. The lowest BCUT2D eigenvalue weighted by Crippen LogP contribution is -2.38. The minimum absolute atomic E-state index is 0.0207. The second-order valence-electron chi connectivity index (χ2n) is 5.15. The summed E-state index contributed by atoms with van der Waals surface area (Å²) in [6.07, 6.45) is 3.23. The van der Waals surface area contributed by atoms with E-state index in [1.165, 1.54) is 13.2 Å². The van der Waals surface area contributed by atoms with Crippen LogP contribution in [0.25, 0.3) is 11.0 Å². The van der Waals surface area contributed by atoms with Crippen molar-refractivity contribution in [3.8, 4) is 11.8 Å². The summed E-state index contributed by atoms with van der Waals surface area (Å²) in [6, 6.07) is 11.7. The largest absolute Gasteiger partial charge is 0.497 e. The summed E-state index contributed by atoms with van der Waals surface area (Å²) in [4.78, 5) is 24.5. The van der Waals surface area contributed by atoms with Crippen molar-refractivity contribution in [2.75, 3.05) is 7.11 Å². The average molecular weight is 321 g/mol. The Morgan fingerprint density at radius 3 is 2.67 bits per heavy atom. The molecule has 3 aromatic rings. The Balaban J connectivity index is 1.94. The number of nitriles is 1. The van der Waals surface area contributed by atoms with Crippen LogP contribution in [0, 0.1) is 11.3 Å². The number of nitrogens with zero attached hydrogens (tertiary/aromatic N) is 2. The van der Waals surface area contributed by atoms with E-state index in [9.17, 15) is 9.59 Å². The molecular weight excluding hydrogens is 308 g/mol. The summed E-state index contributed by atoms with van der Waals surface area (Å²) in [6.45, 7) is -0.0219. The van der Waals surface area contributed by atoms with Gasteiger partial charge in [-0.2, -0.15) is 9.83 Å². The first-order valence-electron chi connectivity index (χ1n) is 7.15. The van der Waals surface area contributed by atoms with Crippen LogP contribution < -0.4 is 14.9 Å². The van der Waals surface area contributed by atoms with Crippen LogP contribution in [0.1, 0.15) is 15.9 Å². The third kappa shape index (κ3) is 3.01. The number of hydrogen-bond acceptors (Lipinski definition) is 5. The van der Waals surface area contributed by atoms with Gasteiger partial charge in [0, 0.05) is 17.5 Å². The van der Waals surface area contributed by atoms with Gasteiger partial charge in [-0.15, -0.1) is 0 Å². The lowest BCUT2D eigenvalue weighted by atomic mass is 10.1. The summed E-state index contributed by atoms with van der Waals surface area (Å²) >= 11 is 0. The molecule has 0 bridgehead atoms. The number of ketones is 1. The average Bonchev–Trinajstić information content (AvgIpc) is 2.61. The van der Waals surface area contributed by atoms with Gasteiger partial charge in [-0.25, -0.2) is 4.79 Å². The minimum atomic E-state index is -0.674. The molecule has 1 aromatic carbocycles. The molecule has 0 aliphatic rings. The molecule has 0 atom stereocenters. The maximum absolute atomic E-state index is 12.4. The van der Waals surface area contributed by atoms with E-state index in [2.05, 4.69) is 0 Å². The van der Waals surface area contributed by atoms with Gasteiger partial charge in [-0.3, -0.25) is 4.79 Å². The Hall–Kier alpha value is -3.46. The van der Waals surface area contributed by atoms with E-state index in [0.717, 1.165) is 0 Å². The number of fused-ring (bicyclic) bond motifs is 1. The molecule has 2 aromatic heterocycles. The highest BCUT2D eigenvalue weighted by Crippen LogP contribution is 2.20. The predicted octanol–water partition coefficient (Wildman–Crippen LogP) is 1.84. The first-order chi connectivity index (χ1) is 11.6. The zero-order valence-electron chi connectivity index (χ0n) is 12.9. The number of aromatic nitrogens is 1. The zero-order valence-corrected chi connectivity index (χ0v) is 12.9. The minimum Gasteiger partial charge on any atom is -0.497 e. The van der Waals surface area contributed by atoms with E-state index >= 15 is 0 Å². The second kappa shape index (κ2) is 6.34. The highest BCUT2D eigenvalue weighted by molar-refractivity contribution is 5.97. The molecule has 0 N–H and O–H groups in total. The van der Waals surface area contributed by atoms with Crippen LogP contribution in [-0.4, -0.2) is 12.9 Å². The van der Waals surface area contributed by atoms with Crippen molar-refractivity contribution in [2.45, 2.75) is 6.54 Å². The van der Waals surface area contributed by atoms with Crippen molar-refractivity contribution in [1.29, 1.82) is 5.26 Å². The van der Waals surface area contributed by atoms with Crippen molar-refractivity contribution in [3.05, 3.63) is 70.3 Å². The topological polar surface area (TPSA) is 84.2 Å². The molecule has 3 rings (SSSR count). The van der Waals surface area contributed by atoms with E-state index in [1.807, 2.05) is 6.07 Å². The van der Waals surface area contributed by atoms with Crippen LogP contribution in [0.3, 0.4) is 0 Å². The van der Waals surface area contributed by atoms with E-state index in [4.69, 9.17) is 14.4 Å². The maximum atomic E-state index is 12.4. The zero-order chi connectivity index (χ0) is 17.1. The number of hydrogen-bond donors (Lipinski definition) is 0. The number of rotatable bonds is 4. The van der Waals surface area contributed by atoms with Crippen molar-refractivity contribution in [3.63, 3.8) is 0 Å². The Morgan fingerprint density at radius 1 is 1.25 bits per heavy atom. The smallest absolute Gasteiger partial charge is 0.347 e. The molecule has 0 spiro atoms. The van der Waals surface area contributed by atoms with Gasteiger partial charge in [0.05, 0.1) is 18.7 Å². The quantitative estimate of drug-likeness (QED) is 0.416. The van der Waals surface area contributed by atoms with E-state index < -0.39 is 5.63 Å². The number of Topliss-reactive ketones (excluding diaryl/α,β-unsaturated/α-hetero) is 1. The maximum Gasteiger partial charge on any atom is 0.347 e. The molecule has 0 saturated heterocycles. The number of benzene rings is 1. The van der Waals surface area contributed by atoms with Gasteiger partial charge in [0.1, 0.15) is 16.9 Å². The number of pyridine rings is 1. The van der Waals surface area contributed by atoms with Crippen LogP contribution in [0.15, 0.2) is 58.0 Å². The molecule has 0 fully saturated rings. The molecule has 0 amide bonds. The first kappa shape index (κ1) is 15.4. The van der Waals surface area contributed by atoms with E-state index in [0.29, 0.717) is 22.3 Å². The Labute approximate surface area is 137 Å². The summed E-state index contributed by atoms with van der Waals surface area (Å²) in [5.74, 6) is 0.236. The van der Waals surface area contributed by atoms with Gasteiger partial charge < -0.3 is 9.15 Å². The number of ether oxygens (including phenoxy) is 1. The Bertz CT molecular complexity index is 1010. The van der Waals surface area contributed by atoms with Crippen molar-refractivity contribution in [1.82, 2.24) is 0 Å². The van der Waals surface area contributed by atoms with Crippen LogP contribution >= 0.6 is 0 Å². The summed E-state index contributed by atoms with van der Waals surface area (Å²) in [5.41, 5.74) is 0.193. The molecule has 118 valence electrons. The molecule has 6 heteroatoms. The SMILES string of the molecule is COc1ccc2oc(=O)c(C(=O)C[n+]3ccc(C#N)cc3)cc2c1. The van der Waals surface area contributed by atoms with Crippen molar-refractivity contribution < 1.29 is 18.5 Å². The number of methoxy groups -OCH3 is 1. The van der Waals surface area contributed by atoms with E-state index in [-0.39, 0.29) is 17.9 Å². The predicted molar refractivity (Wildman–Crippen MR) is 84.7 cm³/mol. The van der Waals surface area contributed by atoms with E-state index in [1.54, 1.807) is 47.3 Å². The number of carbonyl (C=O) groups is 1. The first-order valence-corrected chi connectivity index (χ1v) is 7.15. The van der Waals surface area contributed by atoms with Gasteiger partial charge in [-0.05, 0) is 24.3 Å². The summed E-state index contributed by atoms with van der Waals surface area (Å²) in [7, 11) is 1.54. The fourth-order valence-electron chi connectivity index (χ4n) is 2.31. The fourth-order valence-corrected chi connectivity index (χ4v) is 2.31. The standard InChI is InChI=1S/C18H13N2O4/c1-23-14-2-3-17-13(8-14)9-15(18(22)24-17)16(21)11-20-6-4-12(10-19)5-7-20/h2-9H,11H2,1H3/q+1. The lowest BCUT2D eigenvalue weighted by molar-refractivity contribution is -0.683. The molecule has 2 heterocycles. The van der Waals surface area contributed by atoms with Gasteiger partial charge in [-0.1, -0.05) is 0 Å². The molecule has 0 saturated carbocycles. The number of carbonyl (C=O) groups excluding carboxylic acids is 1. The molecule has 24 heavy (non-hydrogen) atoms. The third-order valence-corrected chi connectivity index (χ3v) is 3.59. The van der Waals surface area contributed by atoms with Crippen LogP contribution in [0.2, 0.25) is 0 Å². The van der Waals surface area contributed by atoms with Gasteiger partial charge in [0.25, 0.3) is 0 Å². The molecule has 0 unspecified atom stereocenters. The molecule has 0 aliphatic heterocycles. The molecule has 6 nitrogen and oxygen atoms in total. The fraction of sp³-hybridized carbons (Fsp3) is 0.111.